The number of benzene rings is 2. The summed E-state index contributed by atoms with van der Waals surface area (Å²) in [5, 5.41) is 17.7. The number of hydrogen-bond acceptors (Lipinski definition) is 4. The van der Waals surface area contributed by atoms with Gasteiger partial charge in [-0.25, -0.2) is 8.78 Å². The number of nitrogens with two attached hydrogens (primary N) is 1. The van der Waals surface area contributed by atoms with Gasteiger partial charge in [-0.3, -0.25) is 15.5 Å². The van der Waals surface area contributed by atoms with Crippen LogP contribution in [0.1, 0.15) is 5.56 Å². The number of non-ortho nitro benzene ring substituents is 1. The van der Waals surface area contributed by atoms with Crippen LogP contribution >= 0.6 is 0 Å². The van der Waals surface area contributed by atoms with Crippen molar-refractivity contribution in [2.45, 2.75) is 0 Å². The number of nitrogens with one attached hydrogen (secondary N) is 1. The van der Waals surface area contributed by atoms with Gasteiger partial charge in [-0.05, 0) is 18.2 Å². The Labute approximate surface area is 117 Å². The maximum atomic E-state index is 13.8. The van der Waals surface area contributed by atoms with E-state index in [1.165, 1.54) is 18.2 Å². The van der Waals surface area contributed by atoms with Gasteiger partial charge in [0.05, 0.1) is 11.0 Å². The second-order valence-corrected chi connectivity index (χ2v) is 4.04. The highest BCUT2D eigenvalue weighted by atomic mass is 19.1. The molecule has 0 aliphatic heterocycles. The van der Waals surface area contributed by atoms with Crippen LogP contribution in [0, 0.1) is 27.2 Å². The molecule has 6 nitrogen and oxygen atoms in total. The van der Waals surface area contributed by atoms with E-state index in [2.05, 4.69) is 0 Å². The van der Waals surface area contributed by atoms with Gasteiger partial charge < -0.3 is 10.5 Å². The number of nitrogen functional groups attached to an aromatic ring is 1. The number of amidine groups is 1. The minimum absolute atomic E-state index is 0.0856. The molecule has 0 heterocycles. The Morgan fingerprint density at radius 3 is 2.38 bits per heavy atom. The van der Waals surface area contributed by atoms with Crippen molar-refractivity contribution in [1.82, 2.24) is 0 Å². The fourth-order valence-corrected chi connectivity index (χ4v) is 1.59. The first kappa shape index (κ1) is 14.4. The third-order valence-corrected chi connectivity index (χ3v) is 2.56. The van der Waals surface area contributed by atoms with Gasteiger partial charge in [0.2, 0.25) is 0 Å². The zero-order valence-electron chi connectivity index (χ0n) is 10.5. The van der Waals surface area contributed by atoms with Crippen LogP contribution in [0.2, 0.25) is 0 Å². The van der Waals surface area contributed by atoms with Crippen molar-refractivity contribution in [3.8, 4) is 11.5 Å². The molecular formula is C13H9F2N3O3. The molecule has 108 valence electrons. The van der Waals surface area contributed by atoms with E-state index in [0.717, 1.165) is 18.2 Å². The predicted molar refractivity (Wildman–Crippen MR) is 70.5 cm³/mol. The Kier molecular flexibility index (Phi) is 3.79. The molecule has 0 spiro atoms. The minimum Gasteiger partial charge on any atom is -0.451 e. The molecule has 3 N–H and O–H groups in total. The molecule has 0 radical (unpaired) electrons. The molecule has 0 saturated heterocycles. The molecule has 0 bridgehead atoms. The van der Waals surface area contributed by atoms with Gasteiger partial charge in [0.1, 0.15) is 11.6 Å². The van der Waals surface area contributed by atoms with Gasteiger partial charge in [0.25, 0.3) is 5.69 Å². The van der Waals surface area contributed by atoms with Crippen molar-refractivity contribution < 1.29 is 18.4 Å². The summed E-state index contributed by atoms with van der Waals surface area (Å²) < 4.78 is 32.5. The number of nitro benzene ring substituents is 1. The SMILES string of the molecule is N=C(N)c1cc(F)c(Oc2cccc([N+](=O)[O-])c2)c(F)c1. The first-order chi connectivity index (χ1) is 9.88. The summed E-state index contributed by atoms with van der Waals surface area (Å²) >= 11 is 0. The van der Waals surface area contributed by atoms with Crippen LogP contribution < -0.4 is 10.5 Å². The molecule has 0 aliphatic carbocycles. The first-order valence-electron chi connectivity index (χ1n) is 5.64. The van der Waals surface area contributed by atoms with Crippen LogP contribution in [0.5, 0.6) is 11.5 Å². The predicted octanol–water partition coefficient (Wildman–Crippen LogP) is 2.95. The zero-order valence-corrected chi connectivity index (χ0v) is 10.5. The number of hydrogen-bond donors (Lipinski definition) is 2. The third-order valence-electron chi connectivity index (χ3n) is 2.56. The normalized spacial score (nSPS) is 10.2. The highest BCUT2D eigenvalue weighted by Gasteiger charge is 2.16. The molecule has 0 atom stereocenters. The van der Waals surface area contributed by atoms with Crippen molar-refractivity contribution in [2.24, 2.45) is 5.73 Å². The van der Waals surface area contributed by atoms with Crippen molar-refractivity contribution in [3.05, 3.63) is 63.7 Å². The molecular weight excluding hydrogens is 284 g/mol. The van der Waals surface area contributed by atoms with Crippen LogP contribution in [-0.2, 0) is 0 Å². The number of nitro groups is 1. The maximum absolute atomic E-state index is 13.8. The lowest BCUT2D eigenvalue weighted by Crippen LogP contribution is -2.12. The topological polar surface area (TPSA) is 102 Å². The monoisotopic (exact) mass is 293 g/mol. The lowest BCUT2D eigenvalue weighted by molar-refractivity contribution is -0.384. The number of halogens is 2. The Bertz CT molecular complexity index is 711. The third kappa shape index (κ3) is 3.11. The van der Waals surface area contributed by atoms with E-state index in [0.29, 0.717) is 0 Å². The highest BCUT2D eigenvalue weighted by Crippen LogP contribution is 2.30. The molecule has 0 saturated carbocycles. The van der Waals surface area contributed by atoms with Crippen LogP contribution in [-0.4, -0.2) is 10.8 Å². The van der Waals surface area contributed by atoms with Crippen LogP contribution in [0.15, 0.2) is 36.4 Å². The summed E-state index contributed by atoms with van der Waals surface area (Å²) in [6, 6.07) is 6.60. The fourth-order valence-electron chi connectivity index (χ4n) is 1.59. The van der Waals surface area contributed by atoms with Crippen molar-refractivity contribution >= 4 is 11.5 Å². The molecule has 21 heavy (non-hydrogen) atoms. The van der Waals surface area contributed by atoms with Crippen molar-refractivity contribution in [1.29, 1.82) is 5.41 Å². The van der Waals surface area contributed by atoms with Crippen LogP contribution in [0.25, 0.3) is 0 Å². The molecule has 2 aromatic rings. The number of rotatable bonds is 4. The van der Waals surface area contributed by atoms with E-state index in [1.807, 2.05) is 0 Å². The zero-order chi connectivity index (χ0) is 15.6. The molecule has 8 heteroatoms. The van der Waals surface area contributed by atoms with E-state index in [1.54, 1.807) is 0 Å². The number of nitrogens with zero attached hydrogens (tertiary/aromatic N) is 1. The molecule has 0 aliphatic rings. The standard InChI is InChI=1S/C13H9F2N3O3/c14-10-4-7(13(16)17)5-11(15)12(10)21-9-3-1-2-8(6-9)18(19)20/h1-6H,(H3,16,17). The van der Waals surface area contributed by atoms with Crippen LogP contribution in [0.4, 0.5) is 14.5 Å². The van der Waals surface area contributed by atoms with Crippen LogP contribution in [0.3, 0.4) is 0 Å². The molecule has 0 fully saturated rings. The van der Waals surface area contributed by atoms with Gasteiger partial charge >= 0.3 is 0 Å². The summed E-state index contributed by atoms with van der Waals surface area (Å²) in [5.41, 5.74) is 4.74. The second-order valence-electron chi connectivity index (χ2n) is 4.04. The van der Waals surface area contributed by atoms with Gasteiger partial charge in [-0.1, -0.05) is 6.07 Å². The van der Waals surface area contributed by atoms with Gasteiger partial charge in [0, 0.05) is 11.6 Å². The average Bonchev–Trinajstić information content (AvgIpc) is 2.42. The van der Waals surface area contributed by atoms with Gasteiger partial charge in [0.15, 0.2) is 17.4 Å². The number of ether oxygens (including phenoxy) is 1. The Morgan fingerprint density at radius 1 is 1.24 bits per heavy atom. The summed E-state index contributed by atoms with van der Waals surface area (Å²) in [6.07, 6.45) is 0. The van der Waals surface area contributed by atoms with Gasteiger partial charge in [-0.2, -0.15) is 0 Å². The van der Waals surface area contributed by atoms with E-state index in [4.69, 9.17) is 15.9 Å². The lowest BCUT2D eigenvalue weighted by atomic mass is 10.2. The summed E-state index contributed by atoms with van der Waals surface area (Å²) in [7, 11) is 0. The van der Waals surface area contributed by atoms with E-state index < -0.39 is 28.1 Å². The van der Waals surface area contributed by atoms with E-state index in [9.17, 15) is 18.9 Å². The fraction of sp³-hybridized carbons (Fsp3) is 0. The molecule has 0 amide bonds. The molecule has 0 unspecified atom stereocenters. The van der Waals surface area contributed by atoms with E-state index in [-0.39, 0.29) is 17.0 Å². The van der Waals surface area contributed by atoms with Gasteiger partial charge in [-0.15, -0.1) is 0 Å². The Morgan fingerprint density at radius 2 is 1.86 bits per heavy atom. The molecule has 0 aromatic heterocycles. The smallest absolute Gasteiger partial charge is 0.273 e. The maximum Gasteiger partial charge on any atom is 0.273 e. The highest BCUT2D eigenvalue weighted by molar-refractivity contribution is 5.95. The molecule has 2 rings (SSSR count). The Balaban J connectivity index is 2.38. The second kappa shape index (κ2) is 5.53. The summed E-state index contributed by atoms with van der Waals surface area (Å²) in [4.78, 5) is 9.97. The quantitative estimate of drug-likeness (QED) is 0.391. The lowest BCUT2D eigenvalue weighted by Gasteiger charge is -2.09. The largest absolute Gasteiger partial charge is 0.451 e. The van der Waals surface area contributed by atoms with Crippen molar-refractivity contribution in [3.63, 3.8) is 0 Å². The summed E-state index contributed by atoms with van der Waals surface area (Å²) in [6.45, 7) is 0. The van der Waals surface area contributed by atoms with Crippen molar-refractivity contribution in [2.75, 3.05) is 0 Å². The Hall–Kier alpha value is -3.03. The average molecular weight is 293 g/mol. The summed E-state index contributed by atoms with van der Waals surface area (Å²) in [5.74, 6) is -3.42. The minimum atomic E-state index is -1.06. The van der Waals surface area contributed by atoms with E-state index >= 15 is 0 Å². The first-order valence-corrected chi connectivity index (χ1v) is 5.64. The molecule has 2 aromatic carbocycles.